The number of hydroxylamine groups is 2. The molecule has 0 radical (unpaired) electrons. The minimum atomic E-state index is -0.673. The number of carbonyl (C=O) groups is 1. The Labute approximate surface area is 176 Å². The highest BCUT2D eigenvalue weighted by Crippen LogP contribution is 2.72. The van der Waals surface area contributed by atoms with Crippen LogP contribution >= 0.6 is 11.8 Å². The van der Waals surface area contributed by atoms with Gasteiger partial charge in [-0.05, 0) is 47.1 Å². The van der Waals surface area contributed by atoms with Crippen LogP contribution in [0.1, 0.15) is 52.5 Å². The minimum absolute atomic E-state index is 0.112. The van der Waals surface area contributed by atoms with Crippen LogP contribution in [0.2, 0.25) is 0 Å². The molecule has 1 saturated carbocycles. The molecule has 5 rings (SSSR count). The molecule has 4 aliphatic rings. The van der Waals surface area contributed by atoms with Crippen LogP contribution < -0.4 is 0 Å². The van der Waals surface area contributed by atoms with Gasteiger partial charge in [-0.1, -0.05) is 42.1 Å². The van der Waals surface area contributed by atoms with Gasteiger partial charge in [-0.25, -0.2) is 0 Å². The van der Waals surface area contributed by atoms with Gasteiger partial charge in [0.05, 0.1) is 17.4 Å². The van der Waals surface area contributed by atoms with Crippen LogP contribution in [0.5, 0.6) is 0 Å². The summed E-state index contributed by atoms with van der Waals surface area (Å²) in [5, 5.41) is 1.81. The van der Waals surface area contributed by atoms with Crippen molar-refractivity contribution in [1.29, 1.82) is 0 Å². The fraction of sp³-hybridized carbons (Fsp3) is 0.682. The minimum Gasteiger partial charge on any atom is -0.355 e. The lowest BCUT2D eigenvalue weighted by molar-refractivity contribution is -0.336. The maximum Gasteiger partial charge on any atom is 0.164 e. The molecule has 3 heterocycles. The van der Waals surface area contributed by atoms with E-state index in [-0.39, 0.29) is 23.4 Å². The normalized spacial score (nSPS) is 38.9. The number of rotatable bonds is 2. The van der Waals surface area contributed by atoms with Gasteiger partial charge >= 0.3 is 0 Å². The molecule has 4 fully saturated rings. The molecule has 0 amide bonds. The molecule has 7 heteroatoms. The van der Waals surface area contributed by atoms with E-state index in [4.69, 9.17) is 19.0 Å². The fourth-order valence-electron chi connectivity index (χ4n) is 5.51. The van der Waals surface area contributed by atoms with E-state index >= 15 is 0 Å². The Kier molecular flexibility index (Phi) is 4.17. The van der Waals surface area contributed by atoms with Gasteiger partial charge in [-0.3, -0.25) is 9.63 Å². The monoisotopic (exact) mass is 419 g/mol. The second-order valence-corrected chi connectivity index (χ2v) is 11.1. The standard InChI is InChI=1S/C22H29NO5S/c1-19(2)18(24)20(3,4)22(19)28-23(17(29-22)13-10-8-7-9-11-13)16-15-14(12-25-16)26-21(5,6)27-15/h7-11,14-17H,12H2,1-6H3/t14-,15-,16-,17-/m0/s1. The van der Waals surface area contributed by atoms with Gasteiger partial charge in [-0.2, -0.15) is 0 Å². The Morgan fingerprint density at radius 3 is 2.31 bits per heavy atom. The molecule has 158 valence electrons. The number of ketones is 1. The number of hydrogen-bond acceptors (Lipinski definition) is 7. The van der Waals surface area contributed by atoms with E-state index in [1.54, 1.807) is 11.8 Å². The van der Waals surface area contributed by atoms with Gasteiger partial charge in [0.1, 0.15) is 17.6 Å². The first-order chi connectivity index (χ1) is 13.5. The molecule has 0 bridgehead atoms. The molecule has 3 saturated heterocycles. The zero-order chi connectivity index (χ0) is 20.8. The average Bonchev–Trinajstić information content (AvgIpc) is 3.32. The Hall–Kier alpha value is -0.960. The quantitative estimate of drug-likeness (QED) is 0.721. The first-order valence-electron chi connectivity index (χ1n) is 10.2. The highest BCUT2D eigenvalue weighted by atomic mass is 32.2. The third kappa shape index (κ3) is 2.52. The van der Waals surface area contributed by atoms with Crippen LogP contribution in [-0.2, 0) is 23.8 Å². The highest BCUT2D eigenvalue weighted by molar-refractivity contribution is 8.01. The maximum atomic E-state index is 12.9. The van der Waals surface area contributed by atoms with Gasteiger partial charge in [0.25, 0.3) is 0 Å². The number of benzene rings is 1. The summed E-state index contributed by atoms with van der Waals surface area (Å²) in [4.78, 5) is 19.0. The van der Waals surface area contributed by atoms with Crippen LogP contribution in [-0.4, -0.2) is 46.6 Å². The van der Waals surface area contributed by atoms with Crippen molar-refractivity contribution in [2.75, 3.05) is 6.61 Å². The SMILES string of the molecule is CC1(C)O[C@H]2[C@H](CO[C@@H]2N2OC3(S[C@H]2c2ccccc2)C(C)(C)C(=O)C3(C)C)O1. The Balaban J connectivity index is 1.54. The first kappa shape index (κ1) is 20.0. The van der Waals surface area contributed by atoms with Crippen LogP contribution in [0, 0.1) is 10.8 Å². The zero-order valence-corrected chi connectivity index (χ0v) is 18.6. The Bertz CT molecular complexity index is 821. The molecule has 1 aliphatic carbocycles. The molecule has 0 aromatic heterocycles. The van der Waals surface area contributed by atoms with Gasteiger partial charge in [0, 0.05) is 0 Å². The molecule has 1 aromatic rings. The maximum absolute atomic E-state index is 12.9. The Morgan fingerprint density at radius 1 is 1.00 bits per heavy atom. The molecular weight excluding hydrogens is 390 g/mol. The van der Waals surface area contributed by atoms with E-state index in [9.17, 15) is 4.79 Å². The lowest BCUT2D eigenvalue weighted by Gasteiger charge is -2.61. The number of fused-ring (bicyclic) bond motifs is 1. The largest absolute Gasteiger partial charge is 0.355 e. The number of Topliss-reactive ketones (excluding diaryl/α,β-unsaturated/α-hetero) is 1. The summed E-state index contributed by atoms with van der Waals surface area (Å²) in [6.07, 6.45) is -0.768. The summed E-state index contributed by atoms with van der Waals surface area (Å²) in [7, 11) is 0. The third-order valence-corrected chi connectivity index (χ3v) is 8.92. The van der Waals surface area contributed by atoms with Gasteiger partial charge in [-0.15, -0.1) is 5.06 Å². The van der Waals surface area contributed by atoms with E-state index in [0.717, 1.165) is 5.56 Å². The van der Waals surface area contributed by atoms with Gasteiger partial charge in [0.15, 0.2) is 22.7 Å². The molecule has 4 atom stereocenters. The number of nitrogens with zero attached hydrogens (tertiary/aromatic N) is 1. The van der Waals surface area contributed by atoms with Crippen molar-refractivity contribution in [1.82, 2.24) is 5.06 Å². The van der Waals surface area contributed by atoms with E-state index < -0.39 is 27.8 Å². The predicted molar refractivity (Wildman–Crippen MR) is 109 cm³/mol. The molecule has 0 unspecified atom stereocenters. The number of ether oxygens (including phenoxy) is 3. The third-order valence-electron chi connectivity index (χ3n) is 6.79. The summed E-state index contributed by atoms with van der Waals surface area (Å²) in [6, 6.07) is 10.2. The molecular formula is C22H29NO5S. The fourth-order valence-corrected chi connectivity index (χ4v) is 7.29. The lowest BCUT2D eigenvalue weighted by atomic mass is 9.51. The summed E-state index contributed by atoms with van der Waals surface area (Å²) < 4.78 is 18.3. The van der Waals surface area contributed by atoms with Gasteiger partial charge in [0.2, 0.25) is 0 Å². The molecule has 29 heavy (non-hydrogen) atoms. The molecule has 1 spiro atoms. The van der Waals surface area contributed by atoms with Crippen molar-refractivity contribution in [2.24, 2.45) is 10.8 Å². The highest BCUT2D eigenvalue weighted by Gasteiger charge is 2.79. The van der Waals surface area contributed by atoms with E-state index in [1.165, 1.54) is 0 Å². The number of hydrogen-bond donors (Lipinski definition) is 0. The molecule has 3 aliphatic heterocycles. The van der Waals surface area contributed by atoms with Crippen LogP contribution in [0.25, 0.3) is 0 Å². The van der Waals surface area contributed by atoms with Crippen LogP contribution in [0.4, 0.5) is 0 Å². The summed E-state index contributed by atoms with van der Waals surface area (Å²) in [5.74, 6) is -0.423. The van der Waals surface area contributed by atoms with Crippen molar-refractivity contribution >= 4 is 17.5 Å². The second-order valence-electron chi connectivity index (χ2n) is 9.89. The zero-order valence-electron chi connectivity index (χ0n) is 17.8. The molecule has 1 aromatic carbocycles. The summed E-state index contributed by atoms with van der Waals surface area (Å²) >= 11 is 1.71. The first-order valence-corrected chi connectivity index (χ1v) is 11.1. The van der Waals surface area contributed by atoms with Crippen molar-refractivity contribution in [3.8, 4) is 0 Å². The lowest BCUT2D eigenvalue weighted by Crippen LogP contribution is -2.73. The predicted octanol–water partition coefficient (Wildman–Crippen LogP) is 3.87. The van der Waals surface area contributed by atoms with Crippen LogP contribution in [0.15, 0.2) is 30.3 Å². The summed E-state index contributed by atoms with van der Waals surface area (Å²) in [6.45, 7) is 12.2. The average molecular weight is 420 g/mol. The van der Waals surface area contributed by atoms with Crippen LogP contribution in [0.3, 0.4) is 0 Å². The van der Waals surface area contributed by atoms with Crippen molar-refractivity contribution in [2.45, 2.75) is 76.1 Å². The van der Waals surface area contributed by atoms with Crippen molar-refractivity contribution in [3.63, 3.8) is 0 Å². The Morgan fingerprint density at radius 2 is 1.66 bits per heavy atom. The number of thioether (sulfide) groups is 1. The smallest absolute Gasteiger partial charge is 0.164 e. The second kappa shape index (κ2) is 6.05. The molecule has 0 N–H and O–H groups in total. The number of carbonyl (C=O) groups excluding carboxylic acids is 1. The van der Waals surface area contributed by atoms with E-state index in [0.29, 0.717) is 6.61 Å². The molecule has 6 nitrogen and oxygen atoms in total. The van der Waals surface area contributed by atoms with E-state index in [1.807, 2.05) is 64.8 Å². The van der Waals surface area contributed by atoms with Crippen molar-refractivity contribution < 1.29 is 23.8 Å². The van der Waals surface area contributed by atoms with E-state index in [2.05, 4.69) is 12.1 Å². The topological polar surface area (TPSA) is 57.2 Å². The van der Waals surface area contributed by atoms with Crippen molar-refractivity contribution in [3.05, 3.63) is 35.9 Å². The summed E-state index contributed by atoms with van der Waals surface area (Å²) in [5.41, 5.74) is -0.0916. The van der Waals surface area contributed by atoms with Gasteiger partial charge < -0.3 is 14.2 Å².